The predicted octanol–water partition coefficient (Wildman–Crippen LogP) is 5.29. The van der Waals surface area contributed by atoms with Crippen molar-refractivity contribution in [2.75, 3.05) is 33.2 Å². The van der Waals surface area contributed by atoms with Crippen LogP contribution in [-0.2, 0) is 0 Å². The molecule has 2 aliphatic carbocycles. The molecule has 2 nitrogen and oxygen atoms in total. The van der Waals surface area contributed by atoms with Gasteiger partial charge in [-0.25, -0.2) is 0 Å². The standard InChI is InChI=1S/C25H40N2/c1-18-7-9-19(2)20(3)25-17-27(15-22-10-11-22)21(4)24(25,5)13-14-26(6)16-23(25)12-8-18/h7-9,21-23H,10-17H2,1-6H3/b9-7-,18-8+,20-19+. The van der Waals surface area contributed by atoms with Crippen LogP contribution in [0.5, 0.6) is 0 Å². The maximum Gasteiger partial charge on any atom is 0.0154 e. The number of rotatable bonds is 2. The van der Waals surface area contributed by atoms with Gasteiger partial charge in [-0.05, 0) is 84.2 Å². The van der Waals surface area contributed by atoms with Crippen LogP contribution in [-0.4, -0.2) is 49.1 Å². The van der Waals surface area contributed by atoms with Crippen molar-refractivity contribution in [1.29, 1.82) is 0 Å². The lowest BCUT2D eigenvalue weighted by atomic mass is 9.53. The van der Waals surface area contributed by atoms with Crippen molar-refractivity contribution >= 4 is 0 Å². The zero-order chi connectivity index (χ0) is 19.4. The molecule has 3 fully saturated rings. The van der Waals surface area contributed by atoms with Gasteiger partial charge in [-0.15, -0.1) is 0 Å². The largest absolute Gasteiger partial charge is 0.306 e. The molecule has 2 saturated heterocycles. The first-order chi connectivity index (χ1) is 12.8. The highest BCUT2D eigenvalue weighted by Gasteiger charge is 2.63. The Labute approximate surface area is 167 Å². The average Bonchev–Trinajstić information content (AvgIpc) is 3.43. The summed E-state index contributed by atoms with van der Waals surface area (Å²) in [5, 5.41) is 0. The van der Waals surface area contributed by atoms with E-state index >= 15 is 0 Å². The first-order valence-electron chi connectivity index (χ1n) is 11.2. The SMILES string of the molecule is CC1=C\CC2CN(C)CCC3(C)C(C)N(CC4CC4)CC23/C(C)=C(C)/C=C\1. The second-order valence-corrected chi connectivity index (χ2v) is 10.5. The third kappa shape index (κ3) is 3.08. The van der Waals surface area contributed by atoms with Crippen LogP contribution in [0.2, 0.25) is 0 Å². The molecule has 2 heteroatoms. The van der Waals surface area contributed by atoms with E-state index in [1.165, 1.54) is 63.0 Å². The molecular weight excluding hydrogens is 328 g/mol. The van der Waals surface area contributed by atoms with Crippen LogP contribution in [0.3, 0.4) is 0 Å². The number of likely N-dealkylation sites (tertiary alicyclic amines) is 2. The summed E-state index contributed by atoms with van der Waals surface area (Å²) in [5.41, 5.74) is 5.25. The molecule has 2 aliphatic heterocycles. The van der Waals surface area contributed by atoms with E-state index in [0.29, 0.717) is 22.8 Å². The van der Waals surface area contributed by atoms with Crippen molar-refractivity contribution in [3.63, 3.8) is 0 Å². The summed E-state index contributed by atoms with van der Waals surface area (Å²) in [5.74, 6) is 1.67. The van der Waals surface area contributed by atoms with Crippen LogP contribution in [0.1, 0.15) is 60.3 Å². The zero-order valence-electron chi connectivity index (χ0n) is 18.5. The molecular formula is C25H40N2. The Morgan fingerprint density at radius 2 is 1.89 bits per heavy atom. The molecule has 4 rings (SSSR count). The molecule has 4 unspecified atom stereocenters. The smallest absolute Gasteiger partial charge is 0.0154 e. The number of allylic oxidation sites excluding steroid dienone is 5. The molecule has 0 aromatic carbocycles. The van der Waals surface area contributed by atoms with E-state index in [9.17, 15) is 0 Å². The zero-order valence-corrected chi connectivity index (χ0v) is 18.5. The van der Waals surface area contributed by atoms with Gasteiger partial charge in [0.15, 0.2) is 0 Å². The molecule has 0 aromatic rings. The summed E-state index contributed by atoms with van der Waals surface area (Å²) in [6.45, 7) is 17.4. The van der Waals surface area contributed by atoms with E-state index in [-0.39, 0.29) is 0 Å². The first kappa shape index (κ1) is 19.5. The van der Waals surface area contributed by atoms with E-state index in [1.54, 1.807) is 5.57 Å². The minimum Gasteiger partial charge on any atom is -0.306 e. The number of hydrogen-bond donors (Lipinski definition) is 0. The molecule has 4 aliphatic rings. The van der Waals surface area contributed by atoms with E-state index in [4.69, 9.17) is 0 Å². The highest BCUT2D eigenvalue weighted by Crippen LogP contribution is 2.63. The Morgan fingerprint density at radius 1 is 1.15 bits per heavy atom. The third-order valence-electron chi connectivity index (χ3n) is 8.95. The normalized spacial score (nSPS) is 47.1. The molecule has 0 N–H and O–H groups in total. The van der Waals surface area contributed by atoms with Gasteiger partial charge in [0.05, 0.1) is 0 Å². The van der Waals surface area contributed by atoms with Crippen molar-refractivity contribution in [3.8, 4) is 0 Å². The summed E-state index contributed by atoms with van der Waals surface area (Å²) >= 11 is 0. The van der Waals surface area contributed by atoms with Gasteiger partial charge in [-0.1, -0.05) is 41.9 Å². The van der Waals surface area contributed by atoms with Crippen LogP contribution in [0.15, 0.2) is 34.9 Å². The molecule has 2 heterocycles. The maximum absolute atomic E-state index is 2.89. The van der Waals surface area contributed by atoms with Crippen molar-refractivity contribution in [2.24, 2.45) is 22.7 Å². The summed E-state index contributed by atoms with van der Waals surface area (Å²) < 4.78 is 0. The fraction of sp³-hybridized carbons (Fsp3) is 0.760. The fourth-order valence-corrected chi connectivity index (χ4v) is 6.60. The third-order valence-corrected chi connectivity index (χ3v) is 8.95. The summed E-state index contributed by atoms with van der Waals surface area (Å²) in [7, 11) is 2.35. The quantitative estimate of drug-likeness (QED) is 0.653. The van der Waals surface area contributed by atoms with E-state index < -0.39 is 0 Å². The molecule has 1 spiro atoms. The Hall–Kier alpha value is -0.860. The van der Waals surface area contributed by atoms with E-state index in [1.807, 2.05) is 0 Å². The minimum absolute atomic E-state index is 0.293. The lowest BCUT2D eigenvalue weighted by molar-refractivity contribution is 0.0672. The van der Waals surface area contributed by atoms with Crippen molar-refractivity contribution < 1.29 is 0 Å². The fourth-order valence-electron chi connectivity index (χ4n) is 6.60. The van der Waals surface area contributed by atoms with Gasteiger partial charge in [-0.3, -0.25) is 4.90 Å². The summed E-state index contributed by atoms with van der Waals surface area (Å²) in [6, 6.07) is 0.671. The number of hydrogen-bond acceptors (Lipinski definition) is 2. The van der Waals surface area contributed by atoms with Crippen LogP contribution in [0.4, 0.5) is 0 Å². The Balaban J connectivity index is 1.87. The van der Waals surface area contributed by atoms with E-state index in [0.717, 1.165) is 5.92 Å². The maximum atomic E-state index is 2.89. The summed E-state index contributed by atoms with van der Waals surface area (Å²) in [4.78, 5) is 5.51. The van der Waals surface area contributed by atoms with E-state index in [2.05, 4.69) is 69.7 Å². The van der Waals surface area contributed by atoms with Crippen LogP contribution >= 0.6 is 0 Å². The average molecular weight is 369 g/mol. The summed E-state index contributed by atoms with van der Waals surface area (Å²) in [6.07, 6.45) is 12.7. The Bertz CT molecular complexity index is 682. The van der Waals surface area contributed by atoms with Crippen LogP contribution in [0.25, 0.3) is 0 Å². The first-order valence-corrected chi connectivity index (χ1v) is 11.2. The van der Waals surface area contributed by atoms with Crippen molar-refractivity contribution in [2.45, 2.75) is 66.3 Å². The molecule has 1 saturated carbocycles. The lowest BCUT2D eigenvalue weighted by Gasteiger charge is -2.50. The Morgan fingerprint density at radius 3 is 2.59 bits per heavy atom. The van der Waals surface area contributed by atoms with Crippen LogP contribution < -0.4 is 0 Å². The molecule has 150 valence electrons. The highest BCUT2D eigenvalue weighted by atomic mass is 15.2. The van der Waals surface area contributed by atoms with Gasteiger partial charge in [0.1, 0.15) is 0 Å². The minimum atomic E-state index is 0.293. The van der Waals surface area contributed by atoms with Crippen molar-refractivity contribution in [1.82, 2.24) is 9.80 Å². The molecule has 0 radical (unpaired) electrons. The van der Waals surface area contributed by atoms with Gasteiger partial charge < -0.3 is 4.90 Å². The predicted molar refractivity (Wildman–Crippen MR) is 116 cm³/mol. The Kier molecular flexibility index (Phi) is 4.96. The monoisotopic (exact) mass is 368 g/mol. The van der Waals surface area contributed by atoms with Gasteiger partial charge in [0, 0.05) is 31.1 Å². The second-order valence-electron chi connectivity index (χ2n) is 10.5. The number of nitrogens with zero attached hydrogens (tertiary/aromatic N) is 2. The topological polar surface area (TPSA) is 6.48 Å². The van der Waals surface area contributed by atoms with Gasteiger partial charge in [-0.2, -0.15) is 0 Å². The van der Waals surface area contributed by atoms with Crippen LogP contribution in [0, 0.1) is 22.7 Å². The molecule has 0 amide bonds. The molecule has 4 atom stereocenters. The van der Waals surface area contributed by atoms with Gasteiger partial charge in [0.25, 0.3) is 0 Å². The molecule has 0 aromatic heterocycles. The van der Waals surface area contributed by atoms with Crippen molar-refractivity contribution in [3.05, 3.63) is 34.9 Å². The highest BCUT2D eigenvalue weighted by molar-refractivity contribution is 5.38. The second kappa shape index (κ2) is 6.88. The molecule has 27 heavy (non-hydrogen) atoms. The molecule has 0 bridgehead atoms. The van der Waals surface area contributed by atoms with Gasteiger partial charge >= 0.3 is 0 Å². The van der Waals surface area contributed by atoms with Gasteiger partial charge in [0.2, 0.25) is 0 Å². The lowest BCUT2D eigenvalue weighted by Crippen LogP contribution is -2.48.